The summed E-state index contributed by atoms with van der Waals surface area (Å²) >= 11 is 0. The van der Waals surface area contributed by atoms with E-state index in [0.717, 1.165) is 51.4 Å². The van der Waals surface area contributed by atoms with Crippen molar-refractivity contribution in [2.45, 2.75) is 51.4 Å². The molecule has 0 spiro atoms. The minimum absolute atomic E-state index is 0.0224. The van der Waals surface area contributed by atoms with E-state index in [-0.39, 0.29) is 57.5 Å². The Morgan fingerprint density at radius 1 is 0.583 bits per heavy atom. The van der Waals surface area contributed by atoms with Crippen LogP contribution in [0.4, 0.5) is 0 Å². The third-order valence-electron chi connectivity index (χ3n) is 9.28. The van der Waals surface area contributed by atoms with Gasteiger partial charge in [-0.2, -0.15) is 0 Å². The standard InChI is InChI=1S/C30H28O6/c31-27-19-11-5-6-12-20(19)28(32)26-22(36-30(34)24-17-9-3-4-10-18(17)24)14-13-21(25(26)27)35-29(33)23-15-7-1-2-8-16(15)23/h5-6,11-18,23-24H,1-4,7-10H2/t15-,16-,17-,18+,24?/m1/s1. The van der Waals surface area contributed by atoms with Gasteiger partial charge in [-0.05, 0) is 61.5 Å². The fourth-order valence-electron chi connectivity index (χ4n) is 7.37. The fourth-order valence-corrected chi connectivity index (χ4v) is 7.37. The second-order valence-electron chi connectivity index (χ2n) is 11.1. The number of benzene rings is 2. The predicted octanol–water partition coefficient (Wildman–Crippen LogP) is 5.15. The third-order valence-corrected chi connectivity index (χ3v) is 9.28. The van der Waals surface area contributed by atoms with Gasteiger partial charge in [0, 0.05) is 11.1 Å². The summed E-state index contributed by atoms with van der Waals surface area (Å²) in [4.78, 5) is 53.3. The first-order valence-electron chi connectivity index (χ1n) is 13.3. The van der Waals surface area contributed by atoms with Crippen LogP contribution in [0.1, 0.15) is 83.2 Å². The van der Waals surface area contributed by atoms with Crippen molar-refractivity contribution < 1.29 is 28.7 Å². The second kappa shape index (κ2) is 8.12. The molecule has 0 radical (unpaired) electrons. The first-order valence-corrected chi connectivity index (χ1v) is 13.3. The molecular formula is C30H28O6. The lowest BCUT2D eigenvalue weighted by molar-refractivity contribution is -0.137. The molecule has 1 unspecified atom stereocenters. The zero-order valence-corrected chi connectivity index (χ0v) is 20.0. The highest BCUT2D eigenvalue weighted by molar-refractivity contribution is 6.30. The highest BCUT2D eigenvalue weighted by atomic mass is 16.5. The largest absolute Gasteiger partial charge is 0.425 e. The molecule has 4 saturated carbocycles. The molecule has 0 aliphatic heterocycles. The monoisotopic (exact) mass is 484 g/mol. The quantitative estimate of drug-likeness (QED) is 0.376. The molecule has 0 aromatic heterocycles. The van der Waals surface area contributed by atoms with Crippen LogP contribution in [0, 0.1) is 35.5 Å². The Kier molecular flexibility index (Phi) is 4.95. The van der Waals surface area contributed by atoms with Crippen LogP contribution in [0.15, 0.2) is 36.4 Å². The summed E-state index contributed by atoms with van der Waals surface area (Å²) in [6.45, 7) is 0. The molecule has 2 aromatic carbocycles. The molecule has 5 aliphatic carbocycles. The van der Waals surface area contributed by atoms with Crippen molar-refractivity contribution in [1.82, 2.24) is 0 Å². The molecule has 0 N–H and O–H groups in total. The average Bonchev–Trinajstić information content (AvgIpc) is 3.80. The van der Waals surface area contributed by atoms with Crippen molar-refractivity contribution in [2.75, 3.05) is 0 Å². The van der Waals surface area contributed by atoms with E-state index >= 15 is 0 Å². The van der Waals surface area contributed by atoms with Crippen molar-refractivity contribution in [2.24, 2.45) is 35.5 Å². The molecule has 0 saturated heterocycles. The van der Waals surface area contributed by atoms with Crippen LogP contribution in [0.2, 0.25) is 0 Å². The zero-order valence-electron chi connectivity index (χ0n) is 20.0. The van der Waals surface area contributed by atoms with Gasteiger partial charge in [-0.3, -0.25) is 19.2 Å². The molecule has 4 fully saturated rings. The van der Waals surface area contributed by atoms with Gasteiger partial charge in [-0.1, -0.05) is 49.9 Å². The Labute approximate surface area is 209 Å². The number of carbonyl (C=O) groups excluding carboxylic acids is 4. The predicted molar refractivity (Wildman–Crippen MR) is 129 cm³/mol. The SMILES string of the molecule is O=C1c2ccccc2C(=O)c2c(OC(=O)C3[C@@H]4CCCC[C@@H]34)ccc(OC(=O)C3[C@H]4CCCC[C@@H]34)c21. The summed E-state index contributed by atoms with van der Waals surface area (Å²) in [6, 6.07) is 9.62. The summed E-state index contributed by atoms with van der Waals surface area (Å²) in [5, 5.41) is 0. The van der Waals surface area contributed by atoms with Gasteiger partial charge in [0.2, 0.25) is 0 Å². The Bertz CT molecular complexity index is 1200. The smallest absolute Gasteiger partial charge is 0.314 e. The Balaban J connectivity index is 1.23. The number of rotatable bonds is 4. The molecule has 36 heavy (non-hydrogen) atoms. The molecule has 6 heteroatoms. The lowest BCUT2D eigenvalue weighted by Gasteiger charge is -2.22. The molecule has 0 amide bonds. The summed E-state index contributed by atoms with van der Waals surface area (Å²) in [6.07, 6.45) is 8.66. The van der Waals surface area contributed by atoms with Gasteiger partial charge >= 0.3 is 11.9 Å². The molecule has 0 bridgehead atoms. The van der Waals surface area contributed by atoms with Crippen LogP contribution in [0.3, 0.4) is 0 Å². The van der Waals surface area contributed by atoms with Crippen LogP contribution >= 0.6 is 0 Å². The van der Waals surface area contributed by atoms with E-state index < -0.39 is 11.6 Å². The van der Waals surface area contributed by atoms with Crippen molar-refractivity contribution in [3.05, 3.63) is 58.7 Å². The third kappa shape index (κ3) is 3.30. The lowest BCUT2D eigenvalue weighted by atomic mass is 9.83. The van der Waals surface area contributed by atoms with Crippen LogP contribution in [0.25, 0.3) is 0 Å². The highest BCUT2D eigenvalue weighted by Crippen LogP contribution is 2.57. The van der Waals surface area contributed by atoms with Crippen molar-refractivity contribution >= 4 is 23.5 Å². The number of esters is 2. The second-order valence-corrected chi connectivity index (χ2v) is 11.1. The molecule has 7 rings (SSSR count). The molecule has 6 nitrogen and oxygen atoms in total. The van der Waals surface area contributed by atoms with Crippen molar-refractivity contribution in [3.63, 3.8) is 0 Å². The highest BCUT2D eigenvalue weighted by Gasteiger charge is 2.57. The molecule has 0 heterocycles. The number of fused-ring (bicyclic) bond motifs is 4. The van der Waals surface area contributed by atoms with Gasteiger partial charge in [-0.15, -0.1) is 0 Å². The number of carbonyl (C=O) groups is 4. The summed E-state index contributed by atoms with van der Waals surface area (Å²) < 4.78 is 11.6. The van der Waals surface area contributed by atoms with Gasteiger partial charge < -0.3 is 9.47 Å². The van der Waals surface area contributed by atoms with Crippen molar-refractivity contribution in [1.29, 1.82) is 0 Å². The van der Waals surface area contributed by atoms with Gasteiger partial charge in [0.25, 0.3) is 0 Å². The van der Waals surface area contributed by atoms with Gasteiger partial charge in [-0.25, -0.2) is 0 Å². The first kappa shape index (κ1) is 22.0. The number of ether oxygens (including phenoxy) is 2. The Morgan fingerprint density at radius 3 is 1.31 bits per heavy atom. The van der Waals surface area contributed by atoms with Crippen molar-refractivity contribution in [3.8, 4) is 11.5 Å². The van der Waals surface area contributed by atoms with E-state index in [9.17, 15) is 19.2 Å². The van der Waals surface area contributed by atoms with E-state index in [0.29, 0.717) is 23.7 Å². The van der Waals surface area contributed by atoms with Crippen LogP contribution < -0.4 is 9.47 Å². The summed E-state index contributed by atoms with van der Waals surface area (Å²) in [7, 11) is 0. The van der Waals surface area contributed by atoms with Crippen LogP contribution in [0.5, 0.6) is 11.5 Å². The number of hydrogen-bond donors (Lipinski definition) is 0. The Hall–Kier alpha value is -3.28. The fraction of sp³-hybridized carbons (Fsp3) is 0.467. The molecule has 5 aliphatic rings. The van der Waals surface area contributed by atoms with E-state index in [1.807, 2.05) is 0 Å². The average molecular weight is 485 g/mol. The van der Waals surface area contributed by atoms with Gasteiger partial charge in [0.15, 0.2) is 11.6 Å². The Morgan fingerprint density at radius 2 is 0.944 bits per heavy atom. The maximum atomic E-state index is 13.6. The summed E-state index contributed by atoms with van der Waals surface area (Å²) in [5.41, 5.74) is 0.580. The maximum Gasteiger partial charge on any atom is 0.314 e. The topological polar surface area (TPSA) is 86.7 Å². The van der Waals surface area contributed by atoms with Gasteiger partial charge in [0.1, 0.15) is 11.5 Å². The normalized spacial score (nSPS) is 31.3. The minimum atomic E-state index is -0.394. The first-order chi connectivity index (χ1) is 17.5. The van der Waals surface area contributed by atoms with E-state index in [1.54, 1.807) is 24.3 Å². The van der Waals surface area contributed by atoms with Crippen LogP contribution in [-0.4, -0.2) is 23.5 Å². The van der Waals surface area contributed by atoms with E-state index in [2.05, 4.69) is 0 Å². The van der Waals surface area contributed by atoms with Crippen LogP contribution in [-0.2, 0) is 9.59 Å². The summed E-state index contributed by atoms with van der Waals surface area (Å²) in [5.74, 6) is -0.128. The van der Waals surface area contributed by atoms with Gasteiger partial charge in [0.05, 0.1) is 23.0 Å². The molecule has 2 aromatic rings. The molecular weight excluding hydrogens is 456 g/mol. The maximum absolute atomic E-state index is 13.6. The molecule has 184 valence electrons. The van der Waals surface area contributed by atoms with E-state index in [4.69, 9.17) is 9.47 Å². The zero-order chi connectivity index (χ0) is 24.6. The number of ketones is 2. The molecule has 5 atom stereocenters. The minimum Gasteiger partial charge on any atom is -0.425 e. The van der Waals surface area contributed by atoms with E-state index in [1.165, 1.54) is 12.1 Å². The number of hydrogen-bond acceptors (Lipinski definition) is 6. The lowest BCUT2D eigenvalue weighted by Crippen LogP contribution is -2.25.